The number of carbonyl (C=O) groups excluding carboxylic acids is 1. The van der Waals surface area contributed by atoms with Crippen molar-refractivity contribution >= 4 is 11.6 Å². The van der Waals surface area contributed by atoms with Crippen molar-refractivity contribution in [1.29, 1.82) is 0 Å². The van der Waals surface area contributed by atoms with Crippen molar-refractivity contribution in [3.8, 4) is 11.4 Å². The van der Waals surface area contributed by atoms with Gasteiger partial charge in [0.25, 0.3) is 11.5 Å². The molecule has 30 heavy (non-hydrogen) atoms. The molecule has 0 bridgehead atoms. The maximum atomic E-state index is 13.0. The number of hydrazone groups is 1. The van der Waals surface area contributed by atoms with E-state index < -0.39 is 5.91 Å². The Bertz CT molecular complexity index is 1160. The highest BCUT2D eigenvalue weighted by molar-refractivity contribution is 6.02. The molecule has 0 fully saturated rings. The Morgan fingerprint density at radius 1 is 1.10 bits per heavy atom. The van der Waals surface area contributed by atoms with Crippen LogP contribution in [0.25, 0.3) is 5.69 Å². The second-order valence-corrected chi connectivity index (χ2v) is 8.20. The molecule has 0 saturated carbocycles. The van der Waals surface area contributed by atoms with Gasteiger partial charge in [0.05, 0.1) is 22.5 Å². The summed E-state index contributed by atoms with van der Waals surface area (Å²) < 4.78 is 1.46. The highest BCUT2D eigenvalue weighted by atomic mass is 16.3. The fraction of sp³-hybridized carbons (Fsp3) is 0.261. The number of H-pyrrole nitrogens is 1. The standard InChI is InChI=1S/C23H26N4O3/c1-14(24-25-21(29)18-8-6-7-9-19(18)28)20-15(2)26-27(22(20)30)17-12-10-16(11-13-17)23(3,4)5/h6-13,26,28H,1-5H3,(H,25,29). The number of benzene rings is 2. The van der Waals surface area contributed by atoms with Gasteiger partial charge in [0.15, 0.2) is 0 Å². The molecule has 3 N–H and O–H groups in total. The Morgan fingerprint density at radius 2 is 1.73 bits per heavy atom. The number of aromatic nitrogens is 2. The van der Waals surface area contributed by atoms with Crippen molar-refractivity contribution < 1.29 is 9.90 Å². The van der Waals surface area contributed by atoms with Crippen LogP contribution in [0.4, 0.5) is 0 Å². The first-order chi connectivity index (χ1) is 14.1. The van der Waals surface area contributed by atoms with E-state index in [4.69, 9.17) is 0 Å². The lowest BCUT2D eigenvalue weighted by Gasteiger charge is -2.19. The molecule has 0 aliphatic carbocycles. The van der Waals surface area contributed by atoms with Gasteiger partial charge in [0.2, 0.25) is 0 Å². The first kappa shape index (κ1) is 21.1. The van der Waals surface area contributed by atoms with Crippen LogP contribution in [0.2, 0.25) is 0 Å². The monoisotopic (exact) mass is 406 g/mol. The largest absolute Gasteiger partial charge is 0.507 e. The number of para-hydroxylation sites is 1. The minimum atomic E-state index is -0.557. The van der Waals surface area contributed by atoms with Crippen LogP contribution in [0.1, 0.15) is 54.9 Å². The first-order valence-electron chi connectivity index (χ1n) is 9.65. The van der Waals surface area contributed by atoms with Crippen LogP contribution in [-0.4, -0.2) is 26.5 Å². The van der Waals surface area contributed by atoms with E-state index >= 15 is 0 Å². The van der Waals surface area contributed by atoms with Crippen molar-refractivity contribution in [3.05, 3.63) is 81.3 Å². The Balaban J connectivity index is 1.88. The summed E-state index contributed by atoms with van der Waals surface area (Å²) >= 11 is 0. The molecule has 1 aromatic heterocycles. The van der Waals surface area contributed by atoms with Gasteiger partial charge in [-0.1, -0.05) is 45.0 Å². The molecule has 156 valence electrons. The lowest BCUT2D eigenvalue weighted by Crippen LogP contribution is -2.23. The average molecular weight is 406 g/mol. The number of phenolic OH excluding ortho intramolecular Hbond substituents is 1. The highest BCUT2D eigenvalue weighted by Crippen LogP contribution is 2.23. The van der Waals surface area contributed by atoms with Crippen LogP contribution < -0.4 is 11.0 Å². The zero-order valence-electron chi connectivity index (χ0n) is 17.8. The number of hydrogen-bond donors (Lipinski definition) is 3. The van der Waals surface area contributed by atoms with E-state index in [1.165, 1.54) is 22.4 Å². The van der Waals surface area contributed by atoms with E-state index in [2.05, 4.69) is 36.4 Å². The Hall–Kier alpha value is -3.61. The third-order valence-electron chi connectivity index (χ3n) is 4.90. The third kappa shape index (κ3) is 4.20. The molecule has 0 saturated heterocycles. The summed E-state index contributed by atoms with van der Waals surface area (Å²) in [6, 6.07) is 14.0. The highest BCUT2D eigenvalue weighted by Gasteiger charge is 2.18. The number of carbonyl (C=O) groups is 1. The summed E-state index contributed by atoms with van der Waals surface area (Å²) in [6.07, 6.45) is 0. The third-order valence-corrected chi connectivity index (χ3v) is 4.90. The smallest absolute Gasteiger partial charge is 0.280 e. The second kappa shape index (κ2) is 8.02. The summed E-state index contributed by atoms with van der Waals surface area (Å²) in [7, 11) is 0. The zero-order valence-corrected chi connectivity index (χ0v) is 17.8. The van der Waals surface area contributed by atoms with E-state index in [0.29, 0.717) is 22.7 Å². The van der Waals surface area contributed by atoms with Crippen LogP contribution >= 0.6 is 0 Å². The van der Waals surface area contributed by atoms with Crippen LogP contribution in [0.15, 0.2) is 58.4 Å². The molecular weight excluding hydrogens is 380 g/mol. The van der Waals surface area contributed by atoms with Crippen molar-refractivity contribution in [1.82, 2.24) is 15.2 Å². The fourth-order valence-electron chi connectivity index (χ4n) is 3.18. The quantitative estimate of drug-likeness (QED) is 0.456. The molecule has 0 aliphatic rings. The summed E-state index contributed by atoms with van der Waals surface area (Å²) in [5.41, 5.74) is 5.54. The van der Waals surface area contributed by atoms with E-state index in [1.807, 2.05) is 24.3 Å². The maximum absolute atomic E-state index is 13.0. The lowest BCUT2D eigenvalue weighted by atomic mass is 9.87. The van der Waals surface area contributed by atoms with E-state index in [9.17, 15) is 14.7 Å². The number of aromatic hydroxyl groups is 1. The SMILES string of the molecule is CC(=NNC(=O)c1ccccc1O)c1c(C)[nH]n(-c2ccc(C(C)(C)C)cc2)c1=O. The molecule has 2 aromatic carbocycles. The van der Waals surface area contributed by atoms with Crippen molar-refractivity contribution in [2.45, 2.75) is 40.0 Å². The van der Waals surface area contributed by atoms with Crippen molar-refractivity contribution in [3.63, 3.8) is 0 Å². The molecule has 1 amide bonds. The van der Waals surface area contributed by atoms with E-state index in [-0.39, 0.29) is 22.3 Å². The number of nitrogens with zero attached hydrogens (tertiary/aromatic N) is 2. The van der Waals surface area contributed by atoms with Gasteiger partial charge in [-0.05, 0) is 49.1 Å². The Kier molecular flexibility index (Phi) is 5.64. The first-order valence-corrected chi connectivity index (χ1v) is 9.65. The van der Waals surface area contributed by atoms with Crippen LogP contribution in [0.5, 0.6) is 5.75 Å². The molecule has 7 nitrogen and oxygen atoms in total. The minimum Gasteiger partial charge on any atom is -0.507 e. The van der Waals surface area contributed by atoms with Gasteiger partial charge >= 0.3 is 0 Å². The predicted molar refractivity (Wildman–Crippen MR) is 118 cm³/mol. The van der Waals surface area contributed by atoms with Crippen molar-refractivity contribution in [2.24, 2.45) is 5.10 Å². The molecule has 3 aromatic rings. The van der Waals surface area contributed by atoms with Gasteiger partial charge in [-0.2, -0.15) is 5.10 Å². The molecule has 0 aliphatic heterocycles. The topological polar surface area (TPSA) is 99.5 Å². The Morgan fingerprint density at radius 3 is 2.33 bits per heavy atom. The number of hydrogen-bond acceptors (Lipinski definition) is 4. The minimum absolute atomic E-state index is 0.0228. The predicted octanol–water partition coefficient (Wildman–Crippen LogP) is 3.63. The summed E-state index contributed by atoms with van der Waals surface area (Å²) in [6.45, 7) is 9.83. The number of amides is 1. The van der Waals surface area contributed by atoms with Gasteiger partial charge in [0, 0.05) is 5.69 Å². The van der Waals surface area contributed by atoms with Gasteiger partial charge in [-0.25, -0.2) is 10.1 Å². The van der Waals surface area contributed by atoms with E-state index in [1.54, 1.807) is 26.0 Å². The zero-order chi connectivity index (χ0) is 22.1. The fourth-order valence-corrected chi connectivity index (χ4v) is 3.18. The lowest BCUT2D eigenvalue weighted by molar-refractivity contribution is 0.0952. The summed E-state index contributed by atoms with van der Waals surface area (Å²) in [5.74, 6) is -0.694. The normalized spacial score (nSPS) is 12.1. The number of aryl methyl sites for hydroxylation is 1. The molecule has 1 heterocycles. The van der Waals surface area contributed by atoms with E-state index in [0.717, 1.165) is 0 Å². The van der Waals surface area contributed by atoms with Crippen LogP contribution in [0, 0.1) is 6.92 Å². The average Bonchev–Trinajstić information content (AvgIpc) is 3.00. The van der Waals surface area contributed by atoms with Gasteiger partial charge in [0.1, 0.15) is 5.75 Å². The second-order valence-electron chi connectivity index (χ2n) is 8.20. The molecule has 0 atom stereocenters. The molecule has 3 rings (SSSR count). The number of rotatable bonds is 4. The number of nitrogens with one attached hydrogen (secondary N) is 2. The molecular formula is C23H26N4O3. The van der Waals surface area contributed by atoms with Gasteiger partial charge in [-0.15, -0.1) is 0 Å². The maximum Gasteiger partial charge on any atom is 0.280 e. The van der Waals surface area contributed by atoms with Crippen LogP contribution in [-0.2, 0) is 5.41 Å². The molecule has 7 heteroatoms. The summed E-state index contributed by atoms with van der Waals surface area (Å²) in [4.78, 5) is 25.2. The number of aromatic amines is 1. The Labute approximate surface area is 175 Å². The summed E-state index contributed by atoms with van der Waals surface area (Å²) in [5, 5.41) is 16.9. The number of phenols is 1. The molecule has 0 unspecified atom stereocenters. The van der Waals surface area contributed by atoms with Gasteiger partial charge in [-0.3, -0.25) is 14.7 Å². The molecule has 0 radical (unpaired) electrons. The van der Waals surface area contributed by atoms with Crippen molar-refractivity contribution in [2.75, 3.05) is 0 Å². The van der Waals surface area contributed by atoms with Gasteiger partial charge < -0.3 is 5.11 Å². The van der Waals surface area contributed by atoms with Crippen LogP contribution in [0.3, 0.4) is 0 Å². The molecule has 0 spiro atoms.